The molecule has 0 saturated carbocycles. The molecule has 0 spiro atoms. The van der Waals surface area contributed by atoms with E-state index in [4.69, 9.17) is 38.2 Å². The Morgan fingerprint density at radius 3 is 1.27 bits per heavy atom. The lowest BCUT2D eigenvalue weighted by Crippen LogP contribution is -2.40. The summed E-state index contributed by atoms with van der Waals surface area (Å²) in [7, 11) is -1.66. The number of aromatic hydroxyl groups is 2. The molecule has 30 heteroatoms. The third-order valence-corrected chi connectivity index (χ3v) is 13.3. The van der Waals surface area contributed by atoms with Crippen molar-refractivity contribution < 1.29 is 75.9 Å². The number of phenolic OH excluding ortho intramolecular Hbond substituents is 2. The number of carbonyl (C=O) groups excluding carboxylic acids is 2. The molecule has 0 amide bonds. The first kappa shape index (κ1) is 62.3. The molecule has 2 saturated heterocycles. The highest BCUT2D eigenvalue weighted by Gasteiger charge is 2.57. The van der Waals surface area contributed by atoms with Gasteiger partial charge < -0.3 is 50.0 Å². The van der Waals surface area contributed by atoms with E-state index in [0.29, 0.717) is 45.5 Å². The van der Waals surface area contributed by atoms with Gasteiger partial charge in [0.25, 0.3) is 0 Å². The predicted molar refractivity (Wildman–Crippen MR) is 280 cm³/mol. The van der Waals surface area contributed by atoms with Crippen molar-refractivity contribution in [3.8, 4) is 11.5 Å². The van der Waals surface area contributed by atoms with Crippen LogP contribution in [0.15, 0.2) is 86.0 Å². The number of rotatable bonds is 18. The van der Waals surface area contributed by atoms with Gasteiger partial charge in [-0.1, -0.05) is 46.6 Å². The number of nitrogens with zero attached hydrogens (tertiary/aromatic N) is 8. The molecule has 8 N–H and O–H groups in total. The van der Waals surface area contributed by atoms with Crippen molar-refractivity contribution in [3.63, 3.8) is 0 Å². The van der Waals surface area contributed by atoms with Crippen molar-refractivity contribution in [2.45, 2.75) is 128 Å². The molecule has 2 fully saturated rings. The second-order valence-corrected chi connectivity index (χ2v) is 20.3. The fraction of sp³-hybridized carbons (Fsp3) is 0.500. The van der Waals surface area contributed by atoms with Crippen LogP contribution in [0.5, 0.6) is 11.5 Å². The van der Waals surface area contributed by atoms with Crippen LogP contribution >= 0.6 is 16.4 Å². The summed E-state index contributed by atoms with van der Waals surface area (Å²) in [5.41, 5.74) is -2.98. The Bertz CT molecular complexity index is 2720. The van der Waals surface area contributed by atoms with Crippen molar-refractivity contribution in [1.29, 1.82) is 0 Å². The van der Waals surface area contributed by atoms with Crippen molar-refractivity contribution >= 4 is 62.3 Å². The molecule has 78 heavy (non-hydrogen) atoms. The number of aliphatic hydroxyl groups is 2. The summed E-state index contributed by atoms with van der Waals surface area (Å²) in [4.78, 5) is 48.4. The Morgan fingerprint density at radius 1 is 0.628 bits per heavy atom. The number of nitrogens with one attached hydrogen (secondary N) is 4. The van der Waals surface area contributed by atoms with Crippen molar-refractivity contribution in [1.82, 2.24) is 49.2 Å². The van der Waals surface area contributed by atoms with Crippen LogP contribution in [0.1, 0.15) is 67.8 Å². The number of carbonyl (C=O) groups is 2. The fourth-order valence-electron chi connectivity index (χ4n) is 7.42. The largest absolute Gasteiger partial charge is 0.613 e. The first-order valence-corrected chi connectivity index (χ1v) is 26.6. The molecule has 2 unspecified atom stereocenters. The fourth-order valence-corrected chi connectivity index (χ4v) is 8.97. The Kier molecular flexibility index (Phi) is 22.6. The summed E-state index contributed by atoms with van der Waals surface area (Å²) in [5.74, 6) is 0.387. The van der Waals surface area contributed by atoms with Gasteiger partial charge in [-0.15, -0.1) is 9.05 Å². The van der Waals surface area contributed by atoms with E-state index in [1.807, 2.05) is 12.1 Å². The summed E-state index contributed by atoms with van der Waals surface area (Å²) in [5, 5.41) is 48.9. The molecular weight excluding hydrogens is 1070 g/mol. The lowest BCUT2D eigenvalue weighted by Gasteiger charge is -2.24. The number of aliphatic hydroxyl groups excluding tert-OH is 2. The number of benzene rings is 2. The molecule has 4 aromatic heterocycles. The number of esters is 2. The summed E-state index contributed by atoms with van der Waals surface area (Å²) in [6, 6.07) is 15.7. The molecule has 6 heterocycles. The van der Waals surface area contributed by atoms with E-state index >= 15 is 8.78 Å². The van der Waals surface area contributed by atoms with E-state index in [1.165, 1.54) is 62.1 Å². The minimum absolute atomic E-state index is 0.317. The maximum absolute atomic E-state index is 15.5. The van der Waals surface area contributed by atoms with Gasteiger partial charge in [-0.3, -0.25) is 18.7 Å². The number of alkyl halides is 2. The van der Waals surface area contributed by atoms with E-state index in [-0.39, 0.29) is 25.4 Å². The number of anilines is 2. The number of halogens is 2. The van der Waals surface area contributed by atoms with Gasteiger partial charge in [0.1, 0.15) is 84.9 Å². The Balaban J connectivity index is 0.000000229. The normalized spacial score (nSPS) is 23.7. The number of phenols is 2. The molecule has 424 valence electrons. The van der Waals surface area contributed by atoms with Crippen LogP contribution in [0.2, 0.25) is 0 Å². The maximum atomic E-state index is 15.5. The van der Waals surface area contributed by atoms with E-state index in [2.05, 4.69) is 50.7 Å². The highest BCUT2D eigenvalue weighted by Crippen LogP contribution is 2.45. The summed E-state index contributed by atoms with van der Waals surface area (Å²) in [6.45, 7) is 11.3. The second-order valence-electron chi connectivity index (χ2n) is 18.3. The molecule has 26 nitrogen and oxygen atoms in total. The number of ether oxygens (including phenoxy) is 4. The minimum Gasteiger partial charge on any atom is -0.508 e. The summed E-state index contributed by atoms with van der Waals surface area (Å²) >= 11 is 0. The van der Waals surface area contributed by atoms with Crippen LogP contribution in [0.4, 0.5) is 20.4 Å². The monoisotopic (exact) mass is 1130 g/mol. The van der Waals surface area contributed by atoms with Gasteiger partial charge in [-0.2, -0.15) is 0 Å². The summed E-state index contributed by atoms with van der Waals surface area (Å²) in [6.07, 6.45) is -3.28. The van der Waals surface area contributed by atoms with Gasteiger partial charge in [0.15, 0.2) is 46.7 Å². The third kappa shape index (κ3) is 16.2. The molecule has 0 radical (unpaired) electrons. The number of hydrogen-bond donors (Lipinski definition) is 8. The number of para-hydroxylation sites is 2. The smallest absolute Gasteiger partial charge is 0.508 e. The molecule has 8 rings (SSSR count). The topological polar surface area (TPSA) is 340 Å². The minimum atomic E-state index is -2.50. The first-order valence-electron chi connectivity index (χ1n) is 24.3. The number of aromatic nitrogens is 8. The average molecular weight is 1140 g/mol. The molecule has 0 aliphatic carbocycles. The summed E-state index contributed by atoms with van der Waals surface area (Å²) < 4.78 is 89.8. The van der Waals surface area contributed by atoms with Gasteiger partial charge in [0.2, 0.25) is 0 Å². The molecule has 0 bridgehead atoms. The molecule has 2 aliphatic heterocycles. The zero-order chi connectivity index (χ0) is 57.5. The lowest BCUT2D eigenvalue weighted by atomic mass is 9.98. The maximum Gasteiger partial charge on any atom is 0.613 e. The average Bonchev–Trinajstić information content (AvgIpc) is 4.18. The number of imidazole rings is 2. The number of hydrogen-bond acceptors (Lipinski definition) is 22. The standard InChI is InChI=1S/2C18H27FN6O6P.2C6H6O/c2*1-9(2)30-16(27)10(3)24-32(28)29-6-11-13(26)18(4,19)17(31-11)25-8-23-12-14(20-5)21-7-22-15(12)25;2*7-6-4-2-1-3-5-6/h2*7-11,13,17,26H,6H2,1-5H3,(H,24,28)(H,20,21,22);2*1-5,7H/q2*+1;;/t2*10-,11+,13+,17+,18+;;/m00../s1. The van der Waals surface area contributed by atoms with Crippen LogP contribution in [0.3, 0.4) is 0 Å². The lowest BCUT2D eigenvalue weighted by molar-refractivity contribution is -0.149. The molecule has 2 aromatic carbocycles. The third-order valence-electron chi connectivity index (χ3n) is 11.4. The van der Waals surface area contributed by atoms with Gasteiger partial charge in [0.05, 0.1) is 24.9 Å². The highest BCUT2D eigenvalue weighted by molar-refractivity contribution is 7.37. The zero-order valence-corrected chi connectivity index (χ0v) is 46.2. The molecule has 6 aromatic rings. The molecular formula is C48H66F2N12O14P2+2. The SMILES string of the molecule is CNc1ncnc2c1ncn2[C@@H]1O[C@H](CO[P+](=O)N[C@@H](C)C(=O)OC(C)C)[C@@H](O)[C@@]1(C)F.CNc1ncnc2c1ncn2[C@@H]1O[C@H](CO[P+](=O)N[C@@H](C)C(=O)OC(C)C)[C@@H](O)[C@@]1(C)F.Oc1ccccc1.Oc1ccccc1. The van der Waals surface area contributed by atoms with Crippen molar-refractivity contribution in [3.05, 3.63) is 86.0 Å². The van der Waals surface area contributed by atoms with Crippen LogP contribution in [-0.4, -0.2) is 159 Å². The second kappa shape index (κ2) is 28.3. The van der Waals surface area contributed by atoms with Crippen molar-refractivity contribution in [2.24, 2.45) is 0 Å². The van der Waals surface area contributed by atoms with E-state index in [9.17, 15) is 28.9 Å². The van der Waals surface area contributed by atoms with Gasteiger partial charge in [-0.05, 0) is 88.8 Å². The van der Waals surface area contributed by atoms with Crippen LogP contribution in [0, 0.1) is 0 Å². The Hall–Kier alpha value is -6.58. The van der Waals surface area contributed by atoms with E-state index in [1.54, 1.807) is 90.3 Å². The van der Waals surface area contributed by atoms with Crippen LogP contribution < -0.4 is 20.8 Å². The molecule has 12 atom stereocenters. The zero-order valence-electron chi connectivity index (χ0n) is 44.4. The first-order chi connectivity index (χ1) is 36.9. The van der Waals surface area contributed by atoms with Gasteiger partial charge in [-0.25, -0.2) is 38.7 Å². The quantitative estimate of drug-likeness (QED) is 0.0378. The van der Waals surface area contributed by atoms with Crippen LogP contribution in [0.25, 0.3) is 22.3 Å². The Labute approximate surface area is 449 Å². The van der Waals surface area contributed by atoms with Crippen LogP contribution in [-0.2, 0) is 46.7 Å². The highest BCUT2D eigenvalue weighted by atomic mass is 31.1. The Morgan fingerprint density at radius 2 is 0.974 bits per heavy atom. The van der Waals surface area contributed by atoms with Gasteiger partial charge in [0, 0.05) is 14.1 Å². The molecule has 2 aliphatic rings. The van der Waals surface area contributed by atoms with Gasteiger partial charge >= 0.3 is 28.3 Å². The van der Waals surface area contributed by atoms with E-state index in [0.717, 1.165) is 0 Å². The van der Waals surface area contributed by atoms with E-state index < -0.39 is 88.6 Å². The number of fused-ring (bicyclic) bond motifs is 2. The van der Waals surface area contributed by atoms with Crippen molar-refractivity contribution in [2.75, 3.05) is 37.9 Å². The predicted octanol–water partition coefficient (Wildman–Crippen LogP) is 5.70.